The number of amides is 1. The van der Waals surface area contributed by atoms with Gasteiger partial charge in [0.2, 0.25) is 5.91 Å². The minimum absolute atomic E-state index is 0.0697. The van der Waals surface area contributed by atoms with Gasteiger partial charge in [-0.05, 0) is 35.2 Å². The molecule has 0 aliphatic carbocycles. The van der Waals surface area contributed by atoms with Gasteiger partial charge in [0, 0.05) is 13.0 Å². The molecule has 1 heterocycles. The van der Waals surface area contributed by atoms with Crippen LogP contribution in [0.5, 0.6) is 11.5 Å². The summed E-state index contributed by atoms with van der Waals surface area (Å²) in [6, 6.07) is 13.0. The molecule has 0 radical (unpaired) electrons. The standard InChI is InChI=1S/C21H23NO5/c1-26-18-5-3-2-4-15(18)12-17(21(24)25)13-22-20(23)11-14-6-7-19-16(10-14)8-9-27-19/h2-7,10,17H,8-9,11-13H2,1H3,(H,22,23)(H,24,25). The van der Waals surface area contributed by atoms with Crippen LogP contribution in [0.4, 0.5) is 0 Å². The first-order valence-corrected chi connectivity index (χ1v) is 8.93. The molecule has 1 amide bonds. The molecule has 1 aliphatic heterocycles. The first-order chi connectivity index (χ1) is 13.1. The molecular weight excluding hydrogens is 346 g/mol. The lowest BCUT2D eigenvalue weighted by Gasteiger charge is -2.15. The highest BCUT2D eigenvalue weighted by atomic mass is 16.5. The highest BCUT2D eigenvalue weighted by molar-refractivity contribution is 5.79. The van der Waals surface area contributed by atoms with Crippen LogP contribution in [0.25, 0.3) is 0 Å². The van der Waals surface area contributed by atoms with E-state index in [2.05, 4.69) is 5.32 Å². The molecule has 27 heavy (non-hydrogen) atoms. The van der Waals surface area contributed by atoms with Crippen molar-refractivity contribution in [3.8, 4) is 11.5 Å². The molecule has 0 fully saturated rings. The molecule has 142 valence electrons. The zero-order valence-electron chi connectivity index (χ0n) is 15.2. The number of hydrogen-bond donors (Lipinski definition) is 2. The Hall–Kier alpha value is -3.02. The Kier molecular flexibility index (Phi) is 5.96. The van der Waals surface area contributed by atoms with Gasteiger partial charge in [0.1, 0.15) is 11.5 Å². The number of para-hydroxylation sites is 1. The van der Waals surface area contributed by atoms with E-state index < -0.39 is 11.9 Å². The lowest BCUT2D eigenvalue weighted by atomic mass is 9.98. The number of carboxylic acid groups (broad SMARTS) is 1. The van der Waals surface area contributed by atoms with Crippen LogP contribution in [0, 0.1) is 5.92 Å². The van der Waals surface area contributed by atoms with Gasteiger partial charge in [0.15, 0.2) is 0 Å². The molecule has 0 aromatic heterocycles. The number of ether oxygens (including phenoxy) is 2. The van der Waals surface area contributed by atoms with Crippen molar-refractivity contribution in [2.24, 2.45) is 5.92 Å². The van der Waals surface area contributed by atoms with E-state index in [1.807, 2.05) is 36.4 Å². The summed E-state index contributed by atoms with van der Waals surface area (Å²) in [5.74, 6) is -0.341. The molecule has 1 unspecified atom stereocenters. The van der Waals surface area contributed by atoms with E-state index in [4.69, 9.17) is 9.47 Å². The van der Waals surface area contributed by atoms with Gasteiger partial charge in [-0.2, -0.15) is 0 Å². The molecular formula is C21H23NO5. The van der Waals surface area contributed by atoms with E-state index in [0.29, 0.717) is 12.4 Å². The summed E-state index contributed by atoms with van der Waals surface area (Å²) < 4.78 is 10.7. The Morgan fingerprint density at radius 3 is 2.85 bits per heavy atom. The van der Waals surface area contributed by atoms with Gasteiger partial charge in [-0.3, -0.25) is 9.59 Å². The van der Waals surface area contributed by atoms with Crippen molar-refractivity contribution < 1.29 is 24.2 Å². The largest absolute Gasteiger partial charge is 0.496 e. The number of carbonyl (C=O) groups excluding carboxylic acids is 1. The molecule has 2 N–H and O–H groups in total. The first-order valence-electron chi connectivity index (χ1n) is 8.93. The van der Waals surface area contributed by atoms with E-state index in [1.54, 1.807) is 13.2 Å². The fourth-order valence-corrected chi connectivity index (χ4v) is 3.22. The maximum Gasteiger partial charge on any atom is 0.308 e. The van der Waals surface area contributed by atoms with E-state index >= 15 is 0 Å². The Labute approximate surface area is 158 Å². The van der Waals surface area contributed by atoms with Crippen LogP contribution >= 0.6 is 0 Å². The molecule has 0 saturated heterocycles. The lowest BCUT2D eigenvalue weighted by molar-refractivity contribution is -0.141. The van der Waals surface area contributed by atoms with Crippen molar-refractivity contribution in [3.63, 3.8) is 0 Å². The lowest BCUT2D eigenvalue weighted by Crippen LogP contribution is -2.35. The number of aliphatic carboxylic acids is 1. The molecule has 2 aromatic rings. The van der Waals surface area contributed by atoms with Crippen LogP contribution in [0.1, 0.15) is 16.7 Å². The third-order valence-corrected chi connectivity index (χ3v) is 4.67. The van der Waals surface area contributed by atoms with Gasteiger partial charge < -0.3 is 19.9 Å². The summed E-state index contributed by atoms with van der Waals surface area (Å²) in [6.07, 6.45) is 1.36. The summed E-state index contributed by atoms with van der Waals surface area (Å²) in [4.78, 5) is 23.9. The van der Waals surface area contributed by atoms with Crippen molar-refractivity contribution in [1.29, 1.82) is 0 Å². The second-order valence-corrected chi connectivity index (χ2v) is 6.57. The third kappa shape index (κ3) is 4.78. The fraction of sp³-hybridized carbons (Fsp3) is 0.333. The van der Waals surface area contributed by atoms with E-state index in [1.165, 1.54) is 0 Å². The molecule has 0 saturated carbocycles. The summed E-state index contributed by atoms with van der Waals surface area (Å²) in [5, 5.41) is 12.2. The smallest absolute Gasteiger partial charge is 0.308 e. The SMILES string of the molecule is COc1ccccc1CC(CNC(=O)Cc1ccc2c(c1)CCO2)C(=O)O. The van der Waals surface area contributed by atoms with Crippen molar-refractivity contribution in [2.45, 2.75) is 19.3 Å². The van der Waals surface area contributed by atoms with Gasteiger partial charge in [0.25, 0.3) is 0 Å². The van der Waals surface area contributed by atoms with E-state index in [9.17, 15) is 14.7 Å². The highest BCUT2D eigenvalue weighted by Crippen LogP contribution is 2.26. The quantitative estimate of drug-likeness (QED) is 0.745. The van der Waals surface area contributed by atoms with Crippen molar-refractivity contribution in [2.75, 3.05) is 20.3 Å². The normalized spacial score (nSPS) is 13.4. The number of hydrogen-bond acceptors (Lipinski definition) is 4. The van der Waals surface area contributed by atoms with Crippen molar-refractivity contribution in [1.82, 2.24) is 5.32 Å². The maximum atomic E-state index is 12.3. The highest BCUT2D eigenvalue weighted by Gasteiger charge is 2.21. The molecule has 6 nitrogen and oxygen atoms in total. The van der Waals surface area contributed by atoms with Crippen LogP contribution in [-0.2, 0) is 28.9 Å². The Morgan fingerprint density at radius 2 is 2.07 bits per heavy atom. The van der Waals surface area contributed by atoms with E-state index in [0.717, 1.165) is 28.9 Å². The Bertz CT molecular complexity index is 833. The van der Waals surface area contributed by atoms with E-state index in [-0.39, 0.29) is 25.3 Å². The molecule has 2 aromatic carbocycles. The molecule has 6 heteroatoms. The monoisotopic (exact) mass is 369 g/mol. The number of nitrogens with one attached hydrogen (secondary N) is 1. The molecule has 0 spiro atoms. The second-order valence-electron chi connectivity index (χ2n) is 6.57. The van der Waals surface area contributed by atoms with Gasteiger partial charge >= 0.3 is 5.97 Å². The predicted molar refractivity (Wildman–Crippen MR) is 100 cm³/mol. The average Bonchev–Trinajstić information content (AvgIpc) is 3.13. The summed E-state index contributed by atoms with van der Waals surface area (Å²) in [5.41, 5.74) is 2.81. The molecule has 1 aliphatic rings. The van der Waals surface area contributed by atoms with Crippen LogP contribution in [-0.4, -0.2) is 37.2 Å². The zero-order valence-corrected chi connectivity index (χ0v) is 15.2. The minimum Gasteiger partial charge on any atom is -0.496 e. The Morgan fingerprint density at radius 1 is 1.26 bits per heavy atom. The summed E-state index contributed by atoms with van der Waals surface area (Å²) in [6.45, 7) is 0.745. The number of methoxy groups -OCH3 is 1. The van der Waals surface area contributed by atoms with Gasteiger partial charge in [-0.1, -0.05) is 30.3 Å². The predicted octanol–water partition coefficient (Wildman–Crippen LogP) is 2.23. The third-order valence-electron chi connectivity index (χ3n) is 4.67. The topological polar surface area (TPSA) is 84.9 Å². The molecule has 1 atom stereocenters. The second kappa shape index (κ2) is 8.58. The van der Waals surface area contributed by atoms with Crippen LogP contribution in [0.3, 0.4) is 0 Å². The summed E-state index contributed by atoms with van der Waals surface area (Å²) >= 11 is 0. The van der Waals surface area contributed by atoms with Crippen LogP contribution in [0.15, 0.2) is 42.5 Å². The van der Waals surface area contributed by atoms with Crippen molar-refractivity contribution >= 4 is 11.9 Å². The molecule has 3 rings (SSSR count). The zero-order chi connectivity index (χ0) is 19.2. The number of rotatable bonds is 8. The van der Waals surface area contributed by atoms with Crippen molar-refractivity contribution in [3.05, 3.63) is 59.2 Å². The maximum absolute atomic E-state index is 12.3. The minimum atomic E-state index is -0.948. The fourth-order valence-electron chi connectivity index (χ4n) is 3.22. The van der Waals surface area contributed by atoms with Gasteiger partial charge in [-0.15, -0.1) is 0 Å². The number of fused-ring (bicyclic) bond motifs is 1. The van der Waals surface area contributed by atoms with Crippen LogP contribution < -0.4 is 14.8 Å². The molecule has 0 bridgehead atoms. The average molecular weight is 369 g/mol. The first kappa shape index (κ1) is 18.8. The van der Waals surface area contributed by atoms with Gasteiger partial charge in [0.05, 0.1) is 26.1 Å². The van der Waals surface area contributed by atoms with Gasteiger partial charge in [-0.25, -0.2) is 0 Å². The number of benzene rings is 2. The number of carboxylic acids is 1. The van der Waals surface area contributed by atoms with Crippen LogP contribution in [0.2, 0.25) is 0 Å². The number of carbonyl (C=O) groups is 2. The summed E-state index contributed by atoms with van der Waals surface area (Å²) in [7, 11) is 1.55. The Balaban J connectivity index is 1.57.